The van der Waals surface area contributed by atoms with Crippen molar-refractivity contribution in [1.82, 2.24) is 10.2 Å². The maximum absolute atomic E-state index is 13.3. The summed E-state index contributed by atoms with van der Waals surface area (Å²) < 4.78 is 13.3. The van der Waals surface area contributed by atoms with Gasteiger partial charge in [0.25, 0.3) is 0 Å². The Bertz CT molecular complexity index is 846. The van der Waals surface area contributed by atoms with Gasteiger partial charge in [-0.2, -0.15) is 0 Å². The fourth-order valence-electron chi connectivity index (χ4n) is 3.38. The number of hydrogen-bond donors (Lipinski definition) is 3. The van der Waals surface area contributed by atoms with Gasteiger partial charge in [-0.05, 0) is 48.2 Å². The quantitative estimate of drug-likeness (QED) is 0.737. The monoisotopic (exact) mass is 386 g/mol. The molecule has 3 rings (SSSR count). The molecule has 0 radical (unpaired) electrons. The fraction of sp³-hybridized carbons (Fsp3) is 0.333. The molecular formula is C21H23FN2O4. The van der Waals surface area contributed by atoms with E-state index in [4.69, 9.17) is 5.11 Å². The Morgan fingerprint density at radius 1 is 1.07 bits per heavy atom. The predicted octanol–water partition coefficient (Wildman–Crippen LogP) is 2.80. The normalized spacial score (nSPS) is 15.9. The summed E-state index contributed by atoms with van der Waals surface area (Å²) in [5.41, 5.74) is 0.795. The molecule has 2 aromatic rings. The number of aliphatic hydroxyl groups is 1. The average molecular weight is 386 g/mol. The molecule has 0 aliphatic carbocycles. The number of carboxylic acids is 1. The molecule has 1 saturated heterocycles. The van der Waals surface area contributed by atoms with Crippen molar-refractivity contribution < 1.29 is 24.2 Å². The number of carboxylic acid groups (broad SMARTS) is 1. The van der Waals surface area contributed by atoms with Crippen LogP contribution in [-0.4, -0.2) is 45.8 Å². The van der Waals surface area contributed by atoms with Crippen LogP contribution in [0.15, 0.2) is 48.5 Å². The number of nitrogens with zero attached hydrogens (tertiary/aromatic N) is 1. The van der Waals surface area contributed by atoms with E-state index in [-0.39, 0.29) is 17.4 Å². The van der Waals surface area contributed by atoms with Gasteiger partial charge in [-0.3, -0.25) is 0 Å². The number of hydrogen-bond acceptors (Lipinski definition) is 3. The van der Waals surface area contributed by atoms with Crippen molar-refractivity contribution in [2.45, 2.75) is 31.4 Å². The summed E-state index contributed by atoms with van der Waals surface area (Å²) in [7, 11) is 0. The van der Waals surface area contributed by atoms with E-state index < -0.39 is 11.6 Å². The second-order valence-corrected chi connectivity index (χ2v) is 7.18. The predicted molar refractivity (Wildman–Crippen MR) is 101 cm³/mol. The molecule has 2 amide bonds. The zero-order chi connectivity index (χ0) is 20.1. The van der Waals surface area contributed by atoms with Crippen LogP contribution in [0.2, 0.25) is 0 Å². The van der Waals surface area contributed by atoms with Crippen LogP contribution in [-0.2, 0) is 13.0 Å². The van der Waals surface area contributed by atoms with Gasteiger partial charge in [0.1, 0.15) is 5.82 Å². The number of aromatic carboxylic acids is 1. The van der Waals surface area contributed by atoms with Crippen LogP contribution < -0.4 is 5.32 Å². The molecule has 6 nitrogen and oxygen atoms in total. The summed E-state index contributed by atoms with van der Waals surface area (Å²) >= 11 is 0. The van der Waals surface area contributed by atoms with Crippen molar-refractivity contribution >= 4 is 12.0 Å². The number of likely N-dealkylation sites (tertiary alicyclic amines) is 1. The van der Waals surface area contributed by atoms with Gasteiger partial charge in [0.05, 0.1) is 11.2 Å². The van der Waals surface area contributed by atoms with Crippen LogP contribution in [0.25, 0.3) is 0 Å². The van der Waals surface area contributed by atoms with Gasteiger partial charge in [0.2, 0.25) is 0 Å². The van der Waals surface area contributed by atoms with E-state index in [2.05, 4.69) is 5.32 Å². The van der Waals surface area contributed by atoms with Gasteiger partial charge in [-0.15, -0.1) is 0 Å². The molecule has 7 heteroatoms. The third kappa shape index (κ3) is 5.07. The summed E-state index contributed by atoms with van der Waals surface area (Å²) in [6, 6.07) is 12.3. The van der Waals surface area contributed by atoms with Crippen LogP contribution in [0.1, 0.15) is 34.3 Å². The first-order chi connectivity index (χ1) is 13.3. The molecule has 1 fully saturated rings. The lowest BCUT2D eigenvalue weighted by atomic mass is 9.85. The number of carbonyl (C=O) groups is 2. The number of rotatable bonds is 5. The maximum atomic E-state index is 13.3. The van der Waals surface area contributed by atoms with Gasteiger partial charge in [-0.25, -0.2) is 14.0 Å². The third-order valence-electron chi connectivity index (χ3n) is 5.05. The summed E-state index contributed by atoms with van der Waals surface area (Å²) in [6.07, 6.45) is 1.20. The second kappa shape index (κ2) is 8.39. The van der Waals surface area contributed by atoms with E-state index in [1.54, 1.807) is 29.2 Å². The Balaban J connectivity index is 1.48. The largest absolute Gasteiger partial charge is 0.478 e. The molecule has 1 aliphatic heterocycles. The van der Waals surface area contributed by atoms with Gasteiger partial charge in [-0.1, -0.05) is 24.3 Å². The molecule has 0 saturated carbocycles. The second-order valence-electron chi connectivity index (χ2n) is 7.18. The van der Waals surface area contributed by atoms with Gasteiger partial charge >= 0.3 is 12.0 Å². The molecule has 3 N–H and O–H groups in total. The average Bonchev–Trinajstić information content (AvgIpc) is 2.67. The zero-order valence-corrected chi connectivity index (χ0v) is 15.4. The number of carbonyl (C=O) groups excluding carboxylic acids is 1. The third-order valence-corrected chi connectivity index (χ3v) is 5.05. The Labute approximate surface area is 162 Å². The molecule has 148 valence electrons. The molecule has 0 spiro atoms. The van der Waals surface area contributed by atoms with Crippen molar-refractivity contribution in [2.24, 2.45) is 0 Å². The standard InChI is InChI=1S/C21H23FN2O4/c22-18-3-1-2-16(12-18)13-21(28)8-10-24(11-9-21)20(27)23-14-15-4-6-17(7-5-15)19(25)26/h1-7,12,28H,8-11,13-14H2,(H,23,27)(H,25,26). The Hall–Kier alpha value is -2.93. The molecule has 0 bridgehead atoms. The number of nitrogens with one attached hydrogen (secondary N) is 1. The maximum Gasteiger partial charge on any atom is 0.335 e. The molecule has 1 aliphatic rings. The van der Waals surface area contributed by atoms with Crippen LogP contribution in [0.5, 0.6) is 0 Å². The van der Waals surface area contributed by atoms with Crippen molar-refractivity contribution in [1.29, 1.82) is 0 Å². The molecule has 0 aromatic heterocycles. The SMILES string of the molecule is O=C(O)c1ccc(CNC(=O)N2CCC(O)(Cc3cccc(F)c3)CC2)cc1. The highest BCUT2D eigenvalue weighted by Crippen LogP contribution is 2.26. The summed E-state index contributed by atoms with van der Waals surface area (Å²) in [4.78, 5) is 24.8. The van der Waals surface area contributed by atoms with Gasteiger partial charge in [0, 0.05) is 26.1 Å². The van der Waals surface area contributed by atoms with Gasteiger partial charge in [0.15, 0.2) is 0 Å². The molecule has 2 aromatic carbocycles. The number of halogens is 1. The van der Waals surface area contributed by atoms with E-state index in [0.29, 0.717) is 38.9 Å². The lowest BCUT2D eigenvalue weighted by Gasteiger charge is -2.38. The summed E-state index contributed by atoms with van der Waals surface area (Å²) in [5, 5.41) is 22.5. The lowest BCUT2D eigenvalue weighted by Crippen LogP contribution is -2.50. The summed E-state index contributed by atoms with van der Waals surface area (Å²) in [6.45, 7) is 1.12. The Kier molecular flexibility index (Phi) is 5.94. The van der Waals surface area contributed by atoms with E-state index >= 15 is 0 Å². The number of amides is 2. The topological polar surface area (TPSA) is 89.9 Å². The smallest absolute Gasteiger partial charge is 0.335 e. The zero-order valence-electron chi connectivity index (χ0n) is 15.4. The first-order valence-corrected chi connectivity index (χ1v) is 9.16. The van der Waals surface area contributed by atoms with E-state index in [0.717, 1.165) is 11.1 Å². The first-order valence-electron chi connectivity index (χ1n) is 9.16. The molecule has 1 heterocycles. The lowest BCUT2D eigenvalue weighted by molar-refractivity contribution is -0.0116. The van der Waals surface area contributed by atoms with Crippen molar-refractivity contribution in [3.05, 3.63) is 71.0 Å². The minimum atomic E-state index is -0.991. The summed E-state index contributed by atoms with van der Waals surface area (Å²) in [5.74, 6) is -1.32. The van der Waals surface area contributed by atoms with Crippen LogP contribution in [0.3, 0.4) is 0 Å². The fourth-order valence-corrected chi connectivity index (χ4v) is 3.38. The van der Waals surface area contributed by atoms with E-state index in [9.17, 15) is 19.1 Å². The van der Waals surface area contributed by atoms with Crippen LogP contribution in [0.4, 0.5) is 9.18 Å². The van der Waals surface area contributed by atoms with Crippen LogP contribution >= 0.6 is 0 Å². The van der Waals surface area contributed by atoms with Crippen molar-refractivity contribution in [3.63, 3.8) is 0 Å². The minimum absolute atomic E-state index is 0.198. The van der Waals surface area contributed by atoms with E-state index in [1.165, 1.54) is 24.3 Å². The minimum Gasteiger partial charge on any atom is -0.478 e. The Morgan fingerprint density at radius 2 is 1.75 bits per heavy atom. The molecule has 28 heavy (non-hydrogen) atoms. The van der Waals surface area contributed by atoms with Crippen LogP contribution in [0, 0.1) is 5.82 Å². The number of piperidine rings is 1. The highest BCUT2D eigenvalue weighted by molar-refractivity contribution is 5.87. The van der Waals surface area contributed by atoms with E-state index in [1.807, 2.05) is 0 Å². The van der Waals surface area contributed by atoms with Crippen molar-refractivity contribution in [3.8, 4) is 0 Å². The highest BCUT2D eigenvalue weighted by atomic mass is 19.1. The first kappa shape index (κ1) is 19.8. The number of benzene rings is 2. The van der Waals surface area contributed by atoms with Gasteiger partial charge < -0.3 is 20.4 Å². The molecule has 0 unspecified atom stereocenters. The highest BCUT2D eigenvalue weighted by Gasteiger charge is 2.34. The molecule has 0 atom stereocenters. The molecular weight excluding hydrogens is 363 g/mol. The number of urea groups is 1. The Morgan fingerprint density at radius 3 is 2.36 bits per heavy atom. The van der Waals surface area contributed by atoms with Crippen molar-refractivity contribution in [2.75, 3.05) is 13.1 Å².